The molecule has 1 aliphatic heterocycles. The number of nitrogens with zero attached hydrogens (tertiary/aromatic N) is 2. The molecule has 0 atom stereocenters. The molecule has 15 heavy (non-hydrogen) atoms. The number of rotatable bonds is 5. The number of carbonyl (C=O) groups is 1. The van der Waals surface area contributed by atoms with Crippen molar-refractivity contribution < 1.29 is 4.79 Å². The summed E-state index contributed by atoms with van der Waals surface area (Å²) in [6.45, 7) is 9.12. The van der Waals surface area contributed by atoms with Gasteiger partial charge in [0, 0.05) is 25.7 Å². The summed E-state index contributed by atoms with van der Waals surface area (Å²) in [6.07, 6.45) is 6.03. The molecule has 0 aromatic rings. The van der Waals surface area contributed by atoms with E-state index in [4.69, 9.17) is 0 Å². The maximum atomic E-state index is 11.6. The number of amides is 1. The van der Waals surface area contributed by atoms with Crippen molar-refractivity contribution in [1.29, 1.82) is 0 Å². The summed E-state index contributed by atoms with van der Waals surface area (Å²) in [4.78, 5) is 15.8. The second-order valence-electron chi connectivity index (χ2n) is 3.92. The topological polar surface area (TPSA) is 23.6 Å². The quantitative estimate of drug-likeness (QED) is 0.642. The first-order chi connectivity index (χ1) is 7.27. The number of likely N-dealkylation sites (tertiary alicyclic amines) is 1. The average molecular weight is 210 g/mol. The Morgan fingerprint density at radius 2 is 1.87 bits per heavy atom. The third-order valence-electron chi connectivity index (χ3n) is 2.94. The molecule has 1 aliphatic rings. The van der Waals surface area contributed by atoms with Crippen LogP contribution in [-0.4, -0.2) is 48.4 Å². The van der Waals surface area contributed by atoms with E-state index in [1.54, 1.807) is 6.08 Å². The Balaban J connectivity index is 2.27. The van der Waals surface area contributed by atoms with Gasteiger partial charge in [-0.1, -0.05) is 19.9 Å². The Labute approximate surface area is 92.7 Å². The molecule has 0 aromatic heterocycles. The van der Waals surface area contributed by atoms with Gasteiger partial charge in [0.05, 0.1) is 0 Å². The number of hydrogen-bond donors (Lipinski definition) is 0. The van der Waals surface area contributed by atoms with E-state index in [-0.39, 0.29) is 5.91 Å². The molecule has 86 valence electrons. The van der Waals surface area contributed by atoms with Crippen LogP contribution in [0.25, 0.3) is 0 Å². The lowest BCUT2D eigenvalue weighted by molar-refractivity contribution is -0.125. The van der Waals surface area contributed by atoms with Gasteiger partial charge in [-0.25, -0.2) is 0 Å². The first-order valence-electron chi connectivity index (χ1n) is 5.95. The van der Waals surface area contributed by atoms with Crippen molar-refractivity contribution in [2.24, 2.45) is 0 Å². The van der Waals surface area contributed by atoms with Crippen LogP contribution in [0.4, 0.5) is 0 Å². The van der Waals surface area contributed by atoms with Crippen LogP contribution in [0.1, 0.15) is 26.7 Å². The second kappa shape index (κ2) is 6.62. The van der Waals surface area contributed by atoms with Gasteiger partial charge in [0.1, 0.15) is 0 Å². The molecule has 0 aromatic carbocycles. The van der Waals surface area contributed by atoms with E-state index < -0.39 is 0 Å². The fraction of sp³-hybridized carbons (Fsp3) is 0.750. The Hall–Kier alpha value is -0.830. The fourth-order valence-corrected chi connectivity index (χ4v) is 1.83. The van der Waals surface area contributed by atoms with Crippen LogP contribution in [0.15, 0.2) is 12.2 Å². The molecule has 0 saturated carbocycles. The number of hydrogen-bond acceptors (Lipinski definition) is 2. The molecule has 0 spiro atoms. The SMILES string of the molecule is CCN(CC)C/C=C/C(=O)N1CCCC1. The zero-order chi connectivity index (χ0) is 11.1. The molecule has 0 unspecified atom stereocenters. The van der Waals surface area contributed by atoms with Gasteiger partial charge in [0.25, 0.3) is 0 Å². The Bertz CT molecular complexity index is 216. The first-order valence-corrected chi connectivity index (χ1v) is 5.95. The standard InChI is InChI=1S/C12H22N2O/c1-3-13(4-2)9-7-8-12(15)14-10-5-6-11-14/h7-8H,3-6,9-11H2,1-2H3/b8-7+. The zero-order valence-electron chi connectivity index (χ0n) is 9.91. The van der Waals surface area contributed by atoms with Gasteiger partial charge in [-0.05, 0) is 25.9 Å². The summed E-state index contributed by atoms with van der Waals surface area (Å²) in [5, 5.41) is 0. The smallest absolute Gasteiger partial charge is 0.246 e. The van der Waals surface area contributed by atoms with Gasteiger partial charge in [-0.3, -0.25) is 4.79 Å². The number of carbonyl (C=O) groups excluding carboxylic acids is 1. The van der Waals surface area contributed by atoms with Gasteiger partial charge >= 0.3 is 0 Å². The normalized spacial score (nSPS) is 16.9. The molecular weight excluding hydrogens is 188 g/mol. The highest BCUT2D eigenvalue weighted by atomic mass is 16.2. The molecule has 1 amide bonds. The fourth-order valence-electron chi connectivity index (χ4n) is 1.83. The van der Waals surface area contributed by atoms with Crippen LogP contribution in [0.2, 0.25) is 0 Å². The maximum absolute atomic E-state index is 11.6. The van der Waals surface area contributed by atoms with Crippen molar-refractivity contribution in [2.75, 3.05) is 32.7 Å². The highest BCUT2D eigenvalue weighted by molar-refractivity contribution is 5.87. The highest BCUT2D eigenvalue weighted by Gasteiger charge is 2.14. The van der Waals surface area contributed by atoms with Gasteiger partial charge < -0.3 is 9.80 Å². The van der Waals surface area contributed by atoms with Crippen LogP contribution in [0.5, 0.6) is 0 Å². The van der Waals surface area contributed by atoms with Crippen LogP contribution in [0, 0.1) is 0 Å². The Kier molecular flexibility index (Phi) is 5.40. The van der Waals surface area contributed by atoms with Gasteiger partial charge in [-0.2, -0.15) is 0 Å². The molecule has 1 heterocycles. The lowest BCUT2D eigenvalue weighted by Crippen LogP contribution is -2.26. The lowest BCUT2D eigenvalue weighted by Gasteiger charge is -2.15. The van der Waals surface area contributed by atoms with Crippen LogP contribution < -0.4 is 0 Å². The monoisotopic (exact) mass is 210 g/mol. The third kappa shape index (κ3) is 4.04. The van der Waals surface area contributed by atoms with Crippen molar-refractivity contribution in [3.8, 4) is 0 Å². The molecule has 1 fully saturated rings. The summed E-state index contributed by atoms with van der Waals surface area (Å²) >= 11 is 0. The molecule has 0 aliphatic carbocycles. The minimum Gasteiger partial charge on any atom is -0.339 e. The van der Waals surface area contributed by atoms with Crippen molar-refractivity contribution in [2.45, 2.75) is 26.7 Å². The van der Waals surface area contributed by atoms with Gasteiger partial charge in [-0.15, -0.1) is 0 Å². The summed E-state index contributed by atoms with van der Waals surface area (Å²) in [6, 6.07) is 0. The zero-order valence-corrected chi connectivity index (χ0v) is 9.91. The molecule has 1 rings (SSSR count). The minimum absolute atomic E-state index is 0.180. The third-order valence-corrected chi connectivity index (χ3v) is 2.94. The van der Waals surface area contributed by atoms with Crippen molar-refractivity contribution in [3.63, 3.8) is 0 Å². The second-order valence-corrected chi connectivity index (χ2v) is 3.92. The largest absolute Gasteiger partial charge is 0.339 e. The van der Waals surface area contributed by atoms with Crippen molar-refractivity contribution >= 4 is 5.91 Å². The van der Waals surface area contributed by atoms with Crippen LogP contribution in [-0.2, 0) is 4.79 Å². The van der Waals surface area contributed by atoms with E-state index in [0.29, 0.717) is 0 Å². The van der Waals surface area contributed by atoms with E-state index in [1.807, 2.05) is 11.0 Å². The summed E-state index contributed by atoms with van der Waals surface area (Å²) in [5.74, 6) is 0.180. The van der Waals surface area contributed by atoms with Crippen LogP contribution in [0.3, 0.4) is 0 Å². The van der Waals surface area contributed by atoms with E-state index in [9.17, 15) is 4.79 Å². The summed E-state index contributed by atoms with van der Waals surface area (Å²) in [5.41, 5.74) is 0. The minimum atomic E-state index is 0.180. The maximum Gasteiger partial charge on any atom is 0.246 e. The average Bonchev–Trinajstić information content (AvgIpc) is 2.77. The number of likely N-dealkylation sites (N-methyl/N-ethyl adjacent to an activating group) is 1. The summed E-state index contributed by atoms with van der Waals surface area (Å²) < 4.78 is 0. The molecule has 0 radical (unpaired) electrons. The Morgan fingerprint density at radius 1 is 1.27 bits per heavy atom. The molecule has 3 heteroatoms. The highest BCUT2D eigenvalue weighted by Crippen LogP contribution is 2.07. The Morgan fingerprint density at radius 3 is 2.40 bits per heavy atom. The molecule has 3 nitrogen and oxygen atoms in total. The predicted molar refractivity (Wildman–Crippen MR) is 62.7 cm³/mol. The predicted octanol–water partition coefficient (Wildman–Crippen LogP) is 1.51. The van der Waals surface area contributed by atoms with Gasteiger partial charge in [0.2, 0.25) is 5.91 Å². The molecule has 0 N–H and O–H groups in total. The van der Waals surface area contributed by atoms with Crippen LogP contribution >= 0.6 is 0 Å². The van der Waals surface area contributed by atoms with Crippen molar-refractivity contribution in [3.05, 3.63) is 12.2 Å². The first kappa shape index (κ1) is 12.2. The molecule has 0 bridgehead atoms. The van der Waals surface area contributed by atoms with Crippen molar-refractivity contribution in [1.82, 2.24) is 9.80 Å². The van der Waals surface area contributed by atoms with E-state index >= 15 is 0 Å². The molecular formula is C12H22N2O. The van der Waals surface area contributed by atoms with E-state index in [1.165, 1.54) is 0 Å². The summed E-state index contributed by atoms with van der Waals surface area (Å²) in [7, 11) is 0. The van der Waals surface area contributed by atoms with E-state index in [2.05, 4.69) is 18.7 Å². The van der Waals surface area contributed by atoms with E-state index in [0.717, 1.165) is 45.6 Å². The van der Waals surface area contributed by atoms with Gasteiger partial charge in [0.15, 0.2) is 0 Å². The lowest BCUT2D eigenvalue weighted by atomic mass is 10.4. The molecule has 1 saturated heterocycles.